The number of aliphatic hydroxyl groups excluding tert-OH is 4. The largest absolute Gasteiger partial charge is 0.394 e. The Kier molecular flexibility index (Phi) is 3.81. The van der Waals surface area contributed by atoms with Crippen LogP contribution < -0.4 is 10.7 Å². The lowest BCUT2D eigenvalue weighted by Gasteiger charge is -2.22. The molecule has 11 nitrogen and oxygen atoms in total. The van der Waals surface area contributed by atoms with Crippen LogP contribution in [0.25, 0.3) is 11.0 Å². The van der Waals surface area contributed by atoms with Gasteiger partial charge in [-0.15, -0.1) is 0 Å². The van der Waals surface area contributed by atoms with Gasteiger partial charge in [0.05, 0.1) is 25.1 Å². The topological polar surface area (TPSA) is 162 Å². The minimum atomic E-state index is -1.24. The van der Waals surface area contributed by atoms with E-state index in [-0.39, 0.29) is 19.0 Å². The lowest BCUT2D eigenvalue weighted by molar-refractivity contribution is -0.0508. The molecule has 1 saturated heterocycles. The number of anilines is 1. The Bertz CT molecular complexity index is 838. The Morgan fingerprint density at radius 1 is 1.20 bits per heavy atom. The van der Waals surface area contributed by atoms with Crippen molar-refractivity contribution in [3.05, 3.63) is 18.1 Å². The van der Waals surface area contributed by atoms with Crippen LogP contribution in [0.2, 0.25) is 0 Å². The first-order valence-electron chi connectivity index (χ1n) is 7.77. The third kappa shape index (κ3) is 2.28. The van der Waals surface area contributed by atoms with Gasteiger partial charge < -0.3 is 35.5 Å². The molecule has 0 bridgehead atoms. The molecule has 2 aliphatic rings. The second-order valence-corrected chi connectivity index (χ2v) is 5.91. The zero-order chi connectivity index (χ0) is 17.7. The number of aromatic nitrogens is 3. The first-order chi connectivity index (χ1) is 12.1. The average Bonchev–Trinajstić information content (AvgIpc) is 3.13. The predicted octanol–water partition coefficient (Wildman–Crippen LogP) is -2.52. The van der Waals surface area contributed by atoms with E-state index in [2.05, 4.69) is 15.1 Å². The summed E-state index contributed by atoms with van der Waals surface area (Å²) < 4.78 is 7.12. The van der Waals surface area contributed by atoms with Crippen LogP contribution in [0.5, 0.6) is 0 Å². The van der Waals surface area contributed by atoms with Crippen molar-refractivity contribution in [1.82, 2.24) is 14.5 Å². The molecule has 4 atom stereocenters. The van der Waals surface area contributed by atoms with Crippen LogP contribution in [0.4, 0.5) is 5.82 Å². The molecule has 0 radical (unpaired) electrons. The van der Waals surface area contributed by atoms with E-state index in [0.29, 0.717) is 22.4 Å². The van der Waals surface area contributed by atoms with Crippen molar-refractivity contribution < 1.29 is 25.2 Å². The lowest BCUT2D eigenvalue weighted by Crippen LogP contribution is -2.33. The predicted molar refractivity (Wildman–Crippen MR) is 85.7 cm³/mol. The van der Waals surface area contributed by atoms with Crippen molar-refractivity contribution in [2.24, 2.45) is 10.8 Å². The van der Waals surface area contributed by atoms with Crippen molar-refractivity contribution >= 4 is 22.7 Å². The molecule has 4 heterocycles. The average molecular weight is 350 g/mol. The van der Waals surface area contributed by atoms with Gasteiger partial charge in [0.1, 0.15) is 30.3 Å². The Labute approximate surface area is 141 Å². The third-order valence-corrected chi connectivity index (χ3v) is 4.44. The highest BCUT2D eigenvalue weighted by Crippen LogP contribution is 2.37. The van der Waals surface area contributed by atoms with Gasteiger partial charge in [0.25, 0.3) is 0 Å². The molecule has 6 N–H and O–H groups in total. The summed E-state index contributed by atoms with van der Waals surface area (Å²) in [5, 5.41) is 45.1. The van der Waals surface area contributed by atoms with Gasteiger partial charge in [0, 0.05) is 11.8 Å². The first kappa shape index (κ1) is 16.2. The summed E-state index contributed by atoms with van der Waals surface area (Å²) in [5.74, 6) is 0.694. The maximum absolute atomic E-state index is 10.3. The van der Waals surface area contributed by atoms with Gasteiger partial charge in [0.15, 0.2) is 17.9 Å². The Balaban J connectivity index is 1.85. The molecule has 0 saturated carbocycles. The van der Waals surface area contributed by atoms with E-state index < -0.39 is 31.1 Å². The molecule has 1 fully saturated rings. The molecule has 0 aliphatic carbocycles. The van der Waals surface area contributed by atoms with E-state index in [9.17, 15) is 20.4 Å². The number of nitrogens with zero attached hydrogens (tertiary/aromatic N) is 5. The zero-order valence-electron chi connectivity index (χ0n) is 13.1. The fourth-order valence-corrected chi connectivity index (χ4v) is 3.24. The normalized spacial score (nSPS) is 28.6. The molecule has 0 amide bonds. The van der Waals surface area contributed by atoms with Crippen molar-refractivity contribution in [3.8, 4) is 0 Å². The number of amidine groups is 1. The highest BCUT2D eigenvalue weighted by atomic mass is 16.6. The van der Waals surface area contributed by atoms with Crippen LogP contribution >= 0.6 is 0 Å². The number of rotatable bonds is 4. The molecule has 2 aromatic heterocycles. The Morgan fingerprint density at radius 3 is 2.68 bits per heavy atom. The van der Waals surface area contributed by atoms with Crippen LogP contribution in [0, 0.1) is 0 Å². The summed E-state index contributed by atoms with van der Waals surface area (Å²) in [7, 11) is 0. The molecule has 0 unspecified atom stereocenters. The second kappa shape index (κ2) is 5.89. The van der Waals surface area contributed by atoms with Crippen LogP contribution in [-0.4, -0.2) is 78.9 Å². The summed E-state index contributed by atoms with van der Waals surface area (Å²) in [5.41, 5.74) is 7.03. The minimum absolute atomic E-state index is 0.132. The number of nitrogens with two attached hydrogens (primary N) is 1. The van der Waals surface area contributed by atoms with Crippen molar-refractivity contribution in [1.29, 1.82) is 0 Å². The lowest BCUT2D eigenvalue weighted by atomic mass is 10.1. The number of aliphatic hydroxyl groups is 4. The van der Waals surface area contributed by atoms with Gasteiger partial charge in [-0.05, 0) is 0 Å². The fourth-order valence-electron chi connectivity index (χ4n) is 3.24. The van der Waals surface area contributed by atoms with Gasteiger partial charge in [-0.2, -0.15) is 5.10 Å². The Morgan fingerprint density at radius 2 is 2.00 bits per heavy atom. The van der Waals surface area contributed by atoms with Crippen LogP contribution in [-0.2, 0) is 4.74 Å². The van der Waals surface area contributed by atoms with Crippen LogP contribution in [0.3, 0.4) is 0 Å². The van der Waals surface area contributed by atoms with Gasteiger partial charge in [-0.3, -0.25) is 0 Å². The van der Waals surface area contributed by atoms with Crippen molar-refractivity contribution in [3.63, 3.8) is 0 Å². The molecule has 134 valence electrons. The summed E-state index contributed by atoms with van der Waals surface area (Å²) in [6, 6.07) is 0. The first-order valence-corrected chi connectivity index (χ1v) is 7.77. The number of hydrogen-bond donors (Lipinski definition) is 5. The van der Waals surface area contributed by atoms with E-state index in [1.165, 1.54) is 11.3 Å². The molecule has 0 spiro atoms. The summed E-state index contributed by atoms with van der Waals surface area (Å²) >= 11 is 0. The van der Waals surface area contributed by atoms with Gasteiger partial charge in [-0.1, -0.05) is 0 Å². The number of hydrazone groups is 1. The van der Waals surface area contributed by atoms with Crippen molar-refractivity contribution in [2.45, 2.75) is 24.5 Å². The van der Waals surface area contributed by atoms with E-state index in [0.717, 1.165) is 0 Å². The summed E-state index contributed by atoms with van der Waals surface area (Å²) in [6.07, 6.45) is -1.35. The number of ether oxygens (including phenoxy) is 1. The minimum Gasteiger partial charge on any atom is -0.394 e. The van der Waals surface area contributed by atoms with E-state index in [1.807, 2.05) is 0 Å². The van der Waals surface area contributed by atoms with Gasteiger partial charge in [0.2, 0.25) is 0 Å². The molecular formula is C14H18N6O5. The second-order valence-electron chi connectivity index (χ2n) is 5.91. The molecule has 4 rings (SSSR count). The molecule has 2 aliphatic heterocycles. The van der Waals surface area contributed by atoms with Crippen molar-refractivity contribution in [2.75, 3.05) is 24.8 Å². The van der Waals surface area contributed by atoms with Crippen LogP contribution in [0.1, 0.15) is 11.8 Å². The smallest absolute Gasteiger partial charge is 0.164 e. The third-order valence-electron chi connectivity index (χ3n) is 4.44. The van der Waals surface area contributed by atoms with Gasteiger partial charge in [-0.25, -0.2) is 15.0 Å². The summed E-state index contributed by atoms with van der Waals surface area (Å²) in [6.45, 7) is -0.340. The number of β-amino-alcohol motifs (C(OH)–C–C–N with tert-alkyl or cyclic N) is 1. The highest BCUT2D eigenvalue weighted by Gasteiger charge is 2.44. The molecule has 2 aromatic rings. The van der Waals surface area contributed by atoms with E-state index in [4.69, 9.17) is 10.5 Å². The number of hydrogen-bond acceptors (Lipinski definition) is 10. The van der Waals surface area contributed by atoms with E-state index >= 15 is 0 Å². The van der Waals surface area contributed by atoms with Gasteiger partial charge >= 0.3 is 0 Å². The van der Waals surface area contributed by atoms with Crippen LogP contribution in [0.15, 0.2) is 17.6 Å². The summed E-state index contributed by atoms with van der Waals surface area (Å²) in [4.78, 5) is 8.46. The van der Waals surface area contributed by atoms with E-state index in [1.54, 1.807) is 10.8 Å². The highest BCUT2D eigenvalue weighted by molar-refractivity contribution is 6.13. The monoisotopic (exact) mass is 350 g/mol. The molecular weight excluding hydrogens is 332 g/mol. The zero-order valence-corrected chi connectivity index (χ0v) is 13.1. The maximum Gasteiger partial charge on any atom is 0.164 e. The molecule has 11 heteroatoms. The molecule has 25 heavy (non-hydrogen) atoms. The molecule has 0 aromatic carbocycles. The maximum atomic E-state index is 10.3. The fraction of sp³-hybridized carbons (Fsp3) is 0.500. The Hall–Kier alpha value is -2.31. The quantitative estimate of drug-likeness (QED) is 0.400. The standard InChI is InChI=1S/C14H18N6O5/c15-11-6-3-19(14-10(24)9(23)7(4-22)25-14)12-8(6)13(17-5-16-12)20(18-11)1-2-21/h3,5,7,9-10,14,21-24H,1-2,4H2,(H2,15,18)/t7-,9-,10-,14-/m1/s1. The SMILES string of the molecule is NC1=NN(CCO)c2ncnc3c2c1cn3[C@@H]1O[C@H](CO)[C@@H](O)[C@H]1O.